The zero-order valence-electron chi connectivity index (χ0n) is 10.5. The molecule has 0 aromatic heterocycles. The average Bonchev–Trinajstić information content (AvgIpc) is 2.42. The highest BCUT2D eigenvalue weighted by molar-refractivity contribution is 5.98. The SMILES string of the molecule is COC(=O)/C=C/CNC(=O)c1ccc(O)cc1[N+](=O)[O-]. The van der Waals surface area contributed by atoms with Crippen molar-refractivity contribution in [1.29, 1.82) is 0 Å². The van der Waals surface area contributed by atoms with Crippen LogP contribution < -0.4 is 5.32 Å². The van der Waals surface area contributed by atoms with Crippen LogP contribution in [-0.2, 0) is 9.53 Å². The third kappa shape index (κ3) is 4.09. The second kappa shape index (κ2) is 6.88. The van der Waals surface area contributed by atoms with Gasteiger partial charge in [-0.3, -0.25) is 14.9 Å². The highest BCUT2D eigenvalue weighted by Gasteiger charge is 2.20. The van der Waals surface area contributed by atoms with Crippen molar-refractivity contribution in [2.45, 2.75) is 0 Å². The van der Waals surface area contributed by atoms with E-state index < -0.39 is 22.5 Å². The van der Waals surface area contributed by atoms with E-state index in [1.807, 2.05) is 0 Å². The molecule has 0 aliphatic rings. The van der Waals surface area contributed by atoms with Gasteiger partial charge in [0.15, 0.2) is 0 Å². The summed E-state index contributed by atoms with van der Waals surface area (Å²) in [4.78, 5) is 32.5. The van der Waals surface area contributed by atoms with Crippen molar-refractivity contribution in [3.8, 4) is 5.75 Å². The summed E-state index contributed by atoms with van der Waals surface area (Å²) in [5.41, 5.74) is -0.682. The van der Waals surface area contributed by atoms with Crippen LogP contribution in [0.1, 0.15) is 10.4 Å². The molecule has 20 heavy (non-hydrogen) atoms. The molecule has 1 rings (SSSR count). The van der Waals surface area contributed by atoms with Crippen LogP contribution in [0.5, 0.6) is 5.75 Å². The van der Waals surface area contributed by atoms with Crippen LogP contribution in [0.4, 0.5) is 5.69 Å². The second-order valence-corrected chi connectivity index (χ2v) is 3.59. The Kier molecular flexibility index (Phi) is 5.21. The Morgan fingerprint density at radius 3 is 2.80 bits per heavy atom. The number of ether oxygens (including phenoxy) is 1. The number of nitrogens with one attached hydrogen (secondary N) is 1. The summed E-state index contributed by atoms with van der Waals surface area (Å²) in [5, 5.41) is 22.3. The van der Waals surface area contributed by atoms with Crippen LogP contribution in [0.2, 0.25) is 0 Å². The molecule has 0 heterocycles. The number of phenolic OH excluding ortho intramolecular Hbond substituents is 1. The fourth-order valence-electron chi connectivity index (χ4n) is 1.33. The summed E-state index contributed by atoms with van der Waals surface area (Å²) in [6.07, 6.45) is 2.46. The summed E-state index contributed by atoms with van der Waals surface area (Å²) in [7, 11) is 1.21. The first-order valence-corrected chi connectivity index (χ1v) is 5.45. The van der Waals surface area contributed by atoms with E-state index in [0.29, 0.717) is 0 Å². The Morgan fingerprint density at radius 1 is 1.50 bits per heavy atom. The molecule has 8 heteroatoms. The molecule has 106 valence electrons. The number of methoxy groups -OCH3 is 1. The molecule has 1 amide bonds. The van der Waals surface area contributed by atoms with Gasteiger partial charge in [0.25, 0.3) is 11.6 Å². The van der Waals surface area contributed by atoms with Crippen LogP contribution in [0, 0.1) is 10.1 Å². The lowest BCUT2D eigenvalue weighted by atomic mass is 10.1. The minimum absolute atomic E-state index is 0.00592. The van der Waals surface area contributed by atoms with Crippen LogP contribution >= 0.6 is 0 Å². The quantitative estimate of drug-likeness (QED) is 0.355. The van der Waals surface area contributed by atoms with E-state index in [2.05, 4.69) is 10.1 Å². The van der Waals surface area contributed by atoms with Gasteiger partial charge >= 0.3 is 5.97 Å². The number of esters is 1. The average molecular weight is 280 g/mol. The number of benzene rings is 1. The predicted molar refractivity (Wildman–Crippen MR) is 68.3 cm³/mol. The molecule has 0 aliphatic heterocycles. The number of hydrogen-bond acceptors (Lipinski definition) is 6. The normalized spacial score (nSPS) is 10.2. The number of nitrogens with zero attached hydrogens (tertiary/aromatic N) is 1. The van der Waals surface area contributed by atoms with E-state index in [1.54, 1.807) is 0 Å². The number of carbonyl (C=O) groups is 2. The van der Waals surface area contributed by atoms with Crippen LogP contribution in [0.3, 0.4) is 0 Å². The first kappa shape index (κ1) is 15.2. The van der Waals surface area contributed by atoms with Crippen molar-refractivity contribution in [2.24, 2.45) is 0 Å². The highest BCUT2D eigenvalue weighted by atomic mass is 16.6. The molecule has 0 saturated carbocycles. The molecule has 0 atom stereocenters. The molecule has 0 unspecified atom stereocenters. The highest BCUT2D eigenvalue weighted by Crippen LogP contribution is 2.23. The number of rotatable bonds is 5. The number of aromatic hydroxyl groups is 1. The van der Waals surface area contributed by atoms with E-state index in [1.165, 1.54) is 19.3 Å². The molecule has 0 saturated heterocycles. The van der Waals surface area contributed by atoms with Gasteiger partial charge in [0.1, 0.15) is 11.3 Å². The lowest BCUT2D eigenvalue weighted by Gasteiger charge is -2.03. The molecule has 0 spiro atoms. The van der Waals surface area contributed by atoms with Gasteiger partial charge in [-0.15, -0.1) is 0 Å². The number of phenols is 1. The monoisotopic (exact) mass is 280 g/mol. The minimum atomic E-state index is -0.765. The zero-order chi connectivity index (χ0) is 15.1. The van der Waals surface area contributed by atoms with Crippen molar-refractivity contribution in [3.63, 3.8) is 0 Å². The van der Waals surface area contributed by atoms with Gasteiger partial charge in [-0.05, 0) is 12.1 Å². The molecule has 2 N–H and O–H groups in total. The first-order chi connectivity index (χ1) is 9.45. The van der Waals surface area contributed by atoms with Crippen molar-refractivity contribution < 1.29 is 24.4 Å². The van der Waals surface area contributed by atoms with Crippen LogP contribution in [-0.4, -0.2) is 35.6 Å². The van der Waals surface area contributed by atoms with Gasteiger partial charge in [-0.2, -0.15) is 0 Å². The molecule has 0 radical (unpaired) electrons. The summed E-state index contributed by atoms with van der Waals surface area (Å²) in [6.45, 7) is 0.00592. The van der Waals surface area contributed by atoms with E-state index in [4.69, 9.17) is 0 Å². The largest absolute Gasteiger partial charge is 0.508 e. The second-order valence-electron chi connectivity index (χ2n) is 3.59. The molecule has 8 nitrogen and oxygen atoms in total. The van der Waals surface area contributed by atoms with Crippen molar-refractivity contribution >= 4 is 17.6 Å². The smallest absolute Gasteiger partial charge is 0.330 e. The van der Waals surface area contributed by atoms with Gasteiger partial charge in [-0.25, -0.2) is 4.79 Å². The Labute approximate surface area is 113 Å². The number of nitro groups is 1. The fourth-order valence-corrected chi connectivity index (χ4v) is 1.33. The van der Waals surface area contributed by atoms with Gasteiger partial charge in [0.2, 0.25) is 0 Å². The Hall–Kier alpha value is -2.90. The summed E-state index contributed by atoms with van der Waals surface area (Å²) in [6, 6.07) is 3.21. The Morgan fingerprint density at radius 2 is 2.20 bits per heavy atom. The van der Waals surface area contributed by atoms with Crippen molar-refractivity contribution in [2.75, 3.05) is 13.7 Å². The number of carbonyl (C=O) groups excluding carboxylic acids is 2. The number of amides is 1. The molecular weight excluding hydrogens is 268 g/mol. The van der Waals surface area contributed by atoms with Gasteiger partial charge in [0.05, 0.1) is 18.1 Å². The molecule has 0 fully saturated rings. The minimum Gasteiger partial charge on any atom is -0.508 e. The van der Waals surface area contributed by atoms with Crippen LogP contribution in [0.25, 0.3) is 0 Å². The Balaban J connectivity index is 2.76. The van der Waals surface area contributed by atoms with E-state index in [9.17, 15) is 24.8 Å². The van der Waals surface area contributed by atoms with Crippen molar-refractivity contribution in [3.05, 3.63) is 46.0 Å². The standard InChI is InChI=1S/C12H12N2O6/c1-20-11(16)3-2-6-13-12(17)9-5-4-8(15)7-10(9)14(18)19/h2-5,7,15H,6H2,1H3,(H,13,17)/b3-2+. The van der Waals surface area contributed by atoms with Crippen molar-refractivity contribution in [1.82, 2.24) is 5.32 Å². The molecule has 1 aromatic rings. The zero-order valence-corrected chi connectivity index (χ0v) is 10.5. The fraction of sp³-hybridized carbons (Fsp3) is 0.167. The summed E-state index contributed by atoms with van der Waals surface area (Å²) in [5.74, 6) is -1.57. The molecule has 0 bridgehead atoms. The van der Waals surface area contributed by atoms with E-state index >= 15 is 0 Å². The lowest BCUT2D eigenvalue weighted by molar-refractivity contribution is -0.385. The molecular formula is C12H12N2O6. The van der Waals surface area contributed by atoms with E-state index in [0.717, 1.165) is 18.2 Å². The van der Waals surface area contributed by atoms with Gasteiger partial charge in [-0.1, -0.05) is 6.08 Å². The maximum atomic E-state index is 11.7. The summed E-state index contributed by atoms with van der Waals surface area (Å²) < 4.78 is 4.35. The number of hydrogen-bond donors (Lipinski definition) is 2. The summed E-state index contributed by atoms with van der Waals surface area (Å²) >= 11 is 0. The molecule has 1 aromatic carbocycles. The first-order valence-electron chi connectivity index (χ1n) is 5.45. The lowest BCUT2D eigenvalue weighted by Crippen LogP contribution is -2.24. The van der Waals surface area contributed by atoms with E-state index in [-0.39, 0.29) is 17.9 Å². The number of nitro benzene ring substituents is 1. The van der Waals surface area contributed by atoms with Crippen LogP contribution in [0.15, 0.2) is 30.4 Å². The third-order valence-corrected chi connectivity index (χ3v) is 2.26. The van der Waals surface area contributed by atoms with Gasteiger partial charge in [0, 0.05) is 12.6 Å². The predicted octanol–water partition coefficient (Wildman–Crippen LogP) is 0.759. The third-order valence-electron chi connectivity index (χ3n) is 2.26. The molecule has 0 aliphatic carbocycles. The maximum absolute atomic E-state index is 11.7. The topological polar surface area (TPSA) is 119 Å². The Bertz CT molecular complexity index is 567. The maximum Gasteiger partial charge on any atom is 0.330 e. The van der Waals surface area contributed by atoms with Gasteiger partial charge < -0.3 is 15.2 Å².